The highest BCUT2D eigenvalue weighted by atomic mass is 33.1. The molecule has 1 rings (SSSR count). The van der Waals surface area contributed by atoms with Gasteiger partial charge in [-0.25, -0.2) is 0 Å². The lowest BCUT2D eigenvalue weighted by Gasteiger charge is -2.16. The number of thiol groups is 1. The molecule has 1 aromatic rings. The van der Waals surface area contributed by atoms with Crippen LogP contribution in [-0.4, -0.2) is 33.1 Å². The summed E-state index contributed by atoms with van der Waals surface area (Å²) in [6.45, 7) is 0. The lowest BCUT2D eigenvalue weighted by molar-refractivity contribution is 0.881. The van der Waals surface area contributed by atoms with Crippen LogP contribution in [0.25, 0.3) is 0 Å². The second-order valence-corrected chi connectivity index (χ2v) is 7.62. The van der Waals surface area contributed by atoms with E-state index in [1.54, 1.807) is 0 Å². The highest BCUT2D eigenvalue weighted by molar-refractivity contribution is 8.87. The van der Waals surface area contributed by atoms with Crippen LogP contribution in [0.2, 0.25) is 0 Å². The normalized spacial score (nSPS) is 13.7. The van der Waals surface area contributed by atoms with Crippen LogP contribution in [0.1, 0.15) is 0 Å². The zero-order valence-electron chi connectivity index (χ0n) is 5.20. The Morgan fingerprint density at radius 1 is 1.56 bits per heavy atom. The molecule has 0 saturated carbocycles. The first-order valence-electron chi connectivity index (χ1n) is 2.30. The van der Waals surface area contributed by atoms with Gasteiger partial charge in [-0.3, -0.25) is 0 Å². The molecule has 9 heavy (non-hydrogen) atoms. The molecule has 0 fully saturated rings. The minimum absolute atomic E-state index is 0.700. The molecule has 1 N–H and O–H groups in total. The molecule has 0 saturated heterocycles. The van der Waals surface area contributed by atoms with Crippen molar-refractivity contribution in [3.05, 3.63) is 0 Å². The molecule has 52 valence electrons. The summed E-state index contributed by atoms with van der Waals surface area (Å²) in [7, 11) is -1.08. The third kappa shape index (κ3) is 1.59. The molecule has 0 aliphatic heterocycles. The van der Waals surface area contributed by atoms with E-state index < -0.39 is 9.06 Å². The van der Waals surface area contributed by atoms with E-state index in [4.69, 9.17) is 0 Å². The Kier molecular flexibility index (Phi) is 1.67. The number of aromatic amines is 1. The van der Waals surface area contributed by atoms with Gasteiger partial charge in [0, 0.05) is 0 Å². The Balaban J connectivity index is 2.90. The molecule has 0 unspecified atom stereocenters. The first-order chi connectivity index (χ1) is 4.11. The summed E-state index contributed by atoms with van der Waals surface area (Å²) in [6, 6.07) is 0. The monoisotopic (exact) mass is 164 g/mol. The number of tetrazole rings is 1. The maximum atomic E-state index is 4.31. The molecular weight excluding hydrogens is 156 g/mol. The summed E-state index contributed by atoms with van der Waals surface area (Å²) in [5.74, 6) is 0. The van der Waals surface area contributed by atoms with Gasteiger partial charge in [0.1, 0.15) is 0 Å². The van der Waals surface area contributed by atoms with Crippen LogP contribution in [0, 0.1) is 0 Å². The van der Waals surface area contributed by atoms with Crippen molar-refractivity contribution in [3.8, 4) is 0 Å². The lowest BCUT2D eigenvalue weighted by atomic mass is 11.4. The Bertz CT molecular complexity index is 176. The molecule has 0 bridgehead atoms. The van der Waals surface area contributed by atoms with Crippen molar-refractivity contribution < 1.29 is 0 Å². The zero-order valence-corrected chi connectivity index (χ0v) is 6.91. The smallest absolute Gasteiger partial charge is 0.176 e. The minimum atomic E-state index is -1.08. The average Bonchev–Trinajstić information content (AvgIpc) is 2.08. The van der Waals surface area contributed by atoms with E-state index in [0.717, 1.165) is 0 Å². The van der Waals surface area contributed by atoms with E-state index in [9.17, 15) is 0 Å². The number of hydrogen-bond acceptors (Lipinski definition) is 4. The van der Waals surface area contributed by atoms with Crippen LogP contribution < -0.4 is 0 Å². The maximum absolute atomic E-state index is 4.31. The van der Waals surface area contributed by atoms with E-state index in [1.165, 1.54) is 0 Å². The number of hydrogen-bond donors (Lipinski definition) is 2. The third-order valence-corrected chi connectivity index (χ3v) is 2.33. The van der Waals surface area contributed by atoms with Crippen LogP contribution in [0.4, 0.5) is 0 Å². The van der Waals surface area contributed by atoms with Crippen molar-refractivity contribution in [2.45, 2.75) is 5.16 Å². The van der Waals surface area contributed by atoms with Crippen LogP contribution in [0.15, 0.2) is 5.16 Å². The van der Waals surface area contributed by atoms with E-state index in [1.807, 2.05) is 12.5 Å². The van der Waals surface area contributed by atoms with Gasteiger partial charge in [0.25, 0.3) is 0 Å². The summed E-state index contributed by atoms with van der Waals surface area (Å²) in [5, 5.41) is 14.1. The summed E-state index contributed by atoms with van der Waals surface area (Å²) in [6.07, 6.45) is 3.97. The number of aromatic nitrogens is 4. The predicted octanol–water partition coefficient (Wildman–Crippen LogP) is 0.468. The van der Waals surface area contributed by atoms with Gasteiger partial charge in [-0.2, -0.15) is 5.21 Å². The molecule has 4 nitrogen and oxygen atoms in total. The van der Waals surface area contributed by atoms with Gasteiger partial charge in [-0.05, 0) is 17.7 Å². The van der Waals surface area contributed by atoms with Gasteiger partial charge in [0.05, 0.1) is 0 Å². The molecule has 0 atom stereocenters. The fourth-order valence-electron chi connectivity index (χ4n) is 0.364. The Morgan fingerprint density at radius 3 is 2.44 bits per heavy atom. The number of nitrogens with zero attached hydrogens (tertiary/aromatic N) is 3. The zero-order chi connectivity index (χ0) is 6.91. The van der Waals surface area contributed by atoms with E-state index in [2.05, 4.69) is 32.3 Å². The average molecular weight is 164 g/mol. The Hall–Kier alpha value is -0.230. The van der Waals surface area contributed by atoms with E-state index in [-0.39, 0.29) is 0 Å². The molecule has 0 aliphatic carbocycles. The van der Waals surface area contributed by atoms with Gasteiger partial charge in [-0.15, -0.1) is 30.9 Å². The molecule has 0 aromatic carbocycles. The van der Waals surface area contributed by atoms with Gasteiger partial charge in [0.15, 0.2) is 0 Å². The molecule has 0 radical (unpaired) electrons. The second kappa shape index (κ2) is 2.18. The van der Waals surface area contributed by atoms with Gasteiger partial charge < -0.3 is 0 Å². The van der Waals surface area contributed by atoms with Gasteiger partial charge >= 0.3 is 0 Å². The summed E-state index contributed by atoms with van der Waals surface area (Å²) in [5.41, 5.74) is 0. The largest absolute Gasteiger partial charge is 0.221 e. The summed E-state index contributed by atoms with van der Waals surface area (Å²) < 4.78 is 0. The van der Waals surface area contributed by atoms with Gasteiger partial charge in [0.2, 0.25) is 5.16 Å². The molecule has 6 heteroatoms. The highest BCUT2D eigenvalue weighted by Gasteiger charge is 2.12. The topological polar surface area (TPSA) is 54.5 Å². The summed E-state index contributed by atoms with van der Waals surface area (Å²) >= 11 is 4.31. The highest BCUT2D eigenvalue weighted by Crippen LogP contribution is 2.50. The molecule has 0 amide bonds. The van der Waals surface area contributed by atoms with Crippen molar-refractivity contribution in [1.82, 2.24) is 20.6 Å². The van der Waals surface area contributed by atoms with Crippen molar-refractivity contribution in [2.75, 3.05) is 12.5 Å². The predicted molar refractivity (Wildman–Crippen MR) is 40.9 cm³/mol. The van der Waals surface area contributed by atoms with Crippen LogP contribution in [-0.2, 0) is 0 Å². The van der Waals surface area contributed by atoms with E-state index >= 15 is 0 Å². The minimum Gasteiger partial charge on any atom is -0.176 e. The molecule has 1 heterocycles. The van der Waals surface area contributed by atoms with E-state index in [0.29, 0.717) is 5.16 Å². The summed E-state index contributed by atoms with van der Waals surface area (Å²) in [4.78, 5) is 0. The van der Waals surface area contributed by atoms with Crippen molar-refractivity contribution in [2.24, 2.45) is 0 Å². The van der Waals surface area contributed by atoms with Crippen LogP contribution in [0.3, 0.4) is 0 Å². The van der Waals surface area contributed by atoms with Crippen molar-refractivity contribution in [1.29, 1.82) is 0 Å². The van der Waals surface area contributed by atoms with Crippen molar-refractivity contribution in [3.63, 3.8) is 0 Å². The first kappa shape index (κ1) is 6.88. The lowest BCUT2D eigenvalue weighted by Crippen LogP contribution is -1.89. The Morgan fingerprint density at radius 2 is 2.22 bits per heavy atom. The SMILES string of the molecule is CS(C)(S)c1nn[nH]n1. The fourth-order valence-corrected chi connectivity index (χ4v) is 1.10. The number of nitrogens with one attached hydrogen (secondary N) is 1. The Labute approximate surface area is 59.5 Å². The molecule has 1 aromatic heterocycles. The quantitative estimate of drug-likeness (QED) is 0.468. The fraction of sp³-hybridized carbons (Fsp3) is 0.667. The standard InChI is InChI=1S/C3H8N4S2/c1-9(2,8)3-4-6-7-5-3/h8H,1-2H3,(H,4,5,6,7). The van der Waals surface area contributed by atoms with Crippen LogP contribution in [0.5, 0.6) is 0 Å². The van der Waals surface area contributed by atoms with Crippen LogP contribution >= 0.6 is 20.7 Å². The van der Waals surface area contributed by atoms with Crippen molar-refractivity contribution >= 4 is 20.7 Å². The third-order valence-electron chi connectivity index (χ3n) is 0.773. The molecular formula is C3H8N4S2. The second-order valence-electron chi connectivity index (χ2n) is 1.97. The number of rotatable bonds is 1. The van der Waals surface area contributed by atoms with Gasteiger partial charge in [-0.1, -0.05) is 0 Å². The molecule has 0 spiro atoms. The maximum Gasteiger partial charge on any atom is 0.221 e. The number of H-pyrrole nitrogens is 1. The molecule has 0 aliphatic rings. The first-order valence-corrected chi connectivity index (χ1v) is 5.80.